The molecule has 0 spiro atoms. The predicted octanol–water partition coefficient (Wildman–Crippen LogP) is 2.79. The van der Waals surface area contributed by atoms with Crippen LogP contribution in [0.15, 0.2) is 41.4 Å². The Labute approximate surface area is 134 Å². The first-order chi connectivity index (χ1) is 9.79. The standard InChI is InChI=1S/C12H9IN2O5S/c1-21(18,19)10-4-2-3-9(12(10)15(16)17)20-8-5-6-11(13)14-7-8/h2-7H,1H3. The molecule has 0 saturated heterocycles. The molecule has 0 aliphatic rings. The van der Waals surface area contributed by atoms with Gasteiger partial charge in [-0.2, -0.15) is 0 Å². The molecule has 0 saturated carbocycles. The van der Waals surface area contributed by atoms with Gasteiger partial charge in [0, 0.05) is 6.26 Å². The summed E-state index contributed by atoms with van der Waals surface area (Å²) in [7, 11) is -3.74. The minimum atomic E-state index is -3.74. The topological polar surface area (TPSA) is 99.4 Å². The Hall–Kier alpha value is -1.75. The molecule has 0 bridgehead atoms. The lowest BCUT2D eigenvalue weighted by atomic mass is 10.3. The molecule has 0 aliphatic heterocycles. The molecule has 1 heterocycles. The Morgan fingerprint density at radius 1 is 1.29 bits per heavy atom. The first-order valence-corrected chi connectivity index (χ1v) is 8.53. The maximum Gasteiger partial charge on any atom is 0.330 e. The van der Waals surface area contributed by atoms with Gasteiger partial charge >= 0.3 is 5.69 Å². The van der Waals surface area contributed by atoms with Crippen LogP contribution < -0.4 is 4.74 Å². The molecule has 0 radical (unpaired) electrons. The van der Waals surface area contributed by atoms with E-state index < -0.39 is 20.4 Å². The molecule has 2 aromatic rings. The zero-order chi connectivity index (χ0) is 15.6. The number of pyridine rings is 1. The molecule has 0 N–H and O–H groups in total. The van der Waals surface area contributed by atoms with Crippen LogP contribution in [0.3, 0.4) is 0 Å². The molecule has 2 rings (SSSR count). The molecule has 0 unspecified atom stereocenters. The second-order valence-electron chi connectivity index (χ2n) is 4.05. The van der Waals surface area contributed by atoms with Gasteiger partial charge in [-0.3, -0.25) is 10.1 Å². The van der Waals surface area contributed by atoms with E-state index in [2.05, 4.69) is 4.98 Å². The minimum Gasteiger partial charge on any atom is -0.448 e. The zero-order valence-electron chi connectivity index (χ0n) is 10.7. The van der Waals surface area contributed by atoms with Gasteiger partial charge in [-0.25, -0.2) is 13.4 Å². The van der Waals surface area contributed by atoms with E-state index in [1.54, 1.807) is 12.1 Å². The Morgan fingerprint density at radius 2 is 2.00 bits per heavy atom. The van der Waals surface area contributed by atoms with Crippen molar-refractivity contribution in [1.29, 1.82) is 0 Å². The summed E-state index contributed by atoms with van der Waals surface area (Å²) < 4.78 is 29.4. The Bertz CT molecular complexity index is 790. The SMILES string of the molecule is CS(=O)(=O)c1cccc(Oc2ccc(I)nc2)c1[N+](=O)[O-]. The lowest BCUT2D eigenvalue weighted by molar-refractivity contribution is -0.388. The number of para-hydroxylation sites is 1. The second-order valence-corrected chi connectivity index (χ2v) is 7.14. The van der Waals surface area contributed by atoms with Crippen LogP contribution in [0.4, 0.5) is 5.69 Å². The Balaban J connectivity index is 2.54. The number of hydrogen-bond donors (Lipinski definition) is 0. The first kappa shape index (κ1) is 15.6. The van der Waals surface area contributed by atoms with Gasteiger partial charge < -0.3 is 4.74 Å². The Morgan fingerprint density at radius 3 is 2.52 bits per heavy atom. The fourth-order valence-corrected chi connectivity index (χ4v) is 2.78. The maximum absolute atomic E-state index is 11.6. The summed E-state index contributed by atoms with van der Waals surface area (Å²) in [6.07, 6.45) is 2.31. The summed E-state index contributed by atoms with van der Waals surface area (Å²) in [6, 6.07) is 7.16. The summed E-state index contributed by atoms with van der Waals surface area (Å²) in [6.45, 7) is 0. The van der Waals surface area contributed by atoms with Crippen LogP contribution in [0.2, 0.25) is 0 Å². The molecule has 1 aromatic carbocycles. The van der Waals surface area contributed by atoms with E-state index in [0.29, 0.717) is 0 Å². The molecule has 7 nitrogen and oxygen atoms in total. The molecule has 0 amide bonds. The minimum absolute atomic E-state index is 0.147. The highest BCUT2D eigenvalue weighted by atomic mass is 127. The summed E-state index contributed by atoms with van der Waals surface area (Å²) in [5.41, 5.74) is -0.585. The van der Waals surface area contributed by atoms with Crippen molar-refractivity contribution in [3.8, 4) is 11.5 Å². The van der Waals surface area contributed by atoms with Gasteiger partial charge in [-0.15, -0.1) is 0 Å². The van der Waals surface area contributed by atoms with E-state index in [1.165, 1.54) is 24.4 Å². The molecule has 9 heteroatoms. The quantitative estimate of drug-likeness (QED) is 0.327. The lowest BCUT2D eigenvalue weighted by Crippen LogP contribution is -2.04. The predicted molar refractivity (Wildman–Crippen MR) is 83.2 cm³/mol. The number of benzene rings is 1. The van der Waals surface area contributed by atoms with Crippen molar-refractivity contribution in [2.75, 3.05) is 6.26 Å². The fourth-order valence-electron chi connectivity index (χ4n) is 1.61. The third-order valence-electron chi connectivity index (χ3n) is 2.47. The number of hydrogen-bond acceptors (Lipinski definition) is 6. The molecule has 21 heavy (non-hydrogen) atoms. The lowest BCUT2D eigenvalue weighted by Gasteiger charge is -2.08. The van der Waals surface area contributed by atoms with Gasteiger partial charge in [-0.1, -0.05) is 6.07 Å². The van der Waals surface area contributed by atoms with Crippen LogP contribution in [0.5, 0.6) is 11.5 Å². The van der Waals surface area contributed by atoms with Crippen molar-refractivity contribution >= 4 is 38.1 Å². The molecular formula is C12H9IN2O5S. The van der Waals surface area contributed by atoms with Crippen LogP contribution >= 0.6 is 22.6 Å². The number of rotatable bonds is 4. The number of ether oxygens (including phenoxy) is 1. The van der Waals surface area contributed by atoms with Crippen LogP contribution in [-0.2, 0) is 9.84 Å². The van der Waals surface area contributed by atoms with Crippen molar-refractivity contribution in [3.63, 3.8) is 0 Å². The van der Waals surface area contributed by atoms with Crippen LogP contribution in [-0.4, -0.2) is 24.6 Å². The number of sulfone groups is 1. The van der Waals surface area contributed by atoms with Gasteiger partial charge in [0.25, 0.3) is 0 Å². The zero-order valence-corrected chi connectivity index (χ0v) is 13.7. The van der Waals surface area contributed by atoms with E-state index in [4.69, 9.17) is 4.74 Å². The smallest absolute Gasteiger partial charge is 0.330 e. The van der Waals surface area contributed by atoms with Crippen molar-refractivity contribution in [1.82, 2.24) is 4.98 Å². The van der Waals surface area contributed by atoms with Gasteiger partial charge in [0.15, 0.2) is 9.84 Å². The highest BCUT2D eigenvalue weighted by Gasteiger charge is 2.27. The third kappa shape index (κ3) is 3.67. The van der Waals surface area contributed by atoms with Crippen molar-refractivity contribution in [2.24, 2.45) is 0 Å². The summed E-state index contributed by atoms with van der Waals surface area (Å²) >= 11 is 2.01. The van der Waals surface area contributed by atoms with E-state index in [1.807, 2.05) is 22.6 Å². The highest BCUT2D eigenvalue weighted by Crippen LogP contribution is 2.36. The molecular weight excluding hydrogens is 411 g/mol. The number of nitro groups is 1. The average molecular weight is 420 g/mol. The Kier molecular flexibility index (Phi) is 4.42. The maximum atomic E-state index is 11.6. The number of aromatic nitrogens is 1. The summed E-state index contributed by atoms with van der Waals surface area (Å²) in [5.74, 6) is 0.134. The molecule has 0 atom stereocenters. The van der Waals surface area contributed by atoms with Crippen molar-refractivity contribution in [3.05, 3.63) is 50.3 Å². The fraction of sp³-hybridized carbons (Fsp3) is 0.0833. The van der Waals surface area contributed by atoms with Gasteiger partial charge in [-0.05, 0) is 46.9 Å². The summed E-state index contributed by atoms with van der Waals surface area (Å²) in [4.78, 5) is 14.0. The van der Waals surface area contributed by atoms with Crippen molar-refractivity contribution in [2.45, 2.75) is 4.90 Å². The molecule has 110 valence electrons. The second kappa shape index (κ2) is 5.93. The van der Waals surface area contributed by atoms with Crippen LogP contribution in [0, 0.1) is 13.8 Å². The van der Waals surface area contributed by atoms with E-state index in [0.717, 1.165) is 9.96 Å². The van der Waals surface area contributed by atoms with E-state index in [9.17, 15) is 18.5 Å². The van der Waals surface area contributed by atoms with Gasteiger partial charge in [0.1, 0.15) is 14.3 Å². The number of nitrogens with zero attached hydrogens (tertiary/aromatic N) is 2. The molecule has 1 aromatic heterocycles. The largest absolute Gasteiger partial charge is 0.448 e. The molecule has 0 fully saturated rings. The van der Waals surface area contributed by atoms with E-state index in [-0.39, 0.29) is 16.4 Å². The van der Waals surface area contributed by atoms with Gasteiger partial charge in [0.2, 0.25) is 5.75 Å². The molecule has 0 aliphatic carbocycles. The van der Waals surface area contributed by atoms with Gasteiger partial charge in [0.05, 0.1) is 11.1 Å². The van der Waals surface area contributed by atoms with Crippen LogP contribution in [0.25, 0.3) is 0 Å². The van der Waals surface area contributed by atoms with Crippen LogP contribution in [0.1, 0.15) is 0 Å². The summed E-state index contributed by atoms with van der Waals surface area (Å²) in [5, 5.41) is 11.2. The average Bonchev–Trinajstić information content (AvgIpc) is 2.40. The first-order valence-electron chi connectivity index (χ1n) is 5.56. The number of nitro benzene ring substituents is 1. The van der Waals surface area contributed by atoms with E-state index >= 15 is 0 Å². The monoisotopic (exact) mass is 420 g/mol. The van der Waals surface area contributed by atoms with Crippen molar-refractivity contribution < 1.29 is 18.1 Å². The highest BCUT2D eigenvalue weighted by molar-refractivity contribution is 14.1. The normalized spacial score (nSPS) is 11.1. The third-order valence-corrected chi connectivity index (χ3v) is 4.24. The number of halogens is 1.